The Labute approximate surface area is 294 Å². The zero-order chi connectivity index (χ0) is 34.4. The van der Waals surface area contributed by atoms with Crippen LogP contribution >= 0.6 is 0 Å². The van der Waals surface area contributed by atoms with Gasteiger partial charge in [0.05, 0.1) is 22.8 Å². The van der Waals surface area contributed by atoms with Gasteiger partial charge in [0.1, 0.15) is 5.82 Å². The number of rotatable bonds is 2. The Morgan fingerprint density at radius 2 is 0.958 bits per heavy atom. The van der Waals surface area contributed by atoms with Crippen LogP contribution in [0.5, 0.6) is 11.5 Å². The molecule has 0 bridgehead atoms. The zero-order valence-electron chi connectivity index (χ0n) is 29.4. The fourth-order valence-electron chi connectivity index (χ4n) is 6.27. The number of aryl methyl sites for hydroxylation is 4. The summed E-state index contributed by atoms with van der Waals surface area (Å²) >= 11 is 0. The van der Waals surface area contributed by atoms with Crippen molar-refractivity contribution in [2.45, 2.75) is 80.1 Å². The van der Waals surface area contributed by atoms with E-state index in [2.05, 4.69) is 100 Å². The van der Waals surface area contributed by atoms with Crippen molar-refractivity contribution in [3.05, 3.63) is 129 Å². The van der Waals surface area contributed by atoms with Crippen molar-refractivity contribution in [1.82, 2.24) is 0 Å². The normalized spacial score (nSPS) is 14.2. The zero-order valence-corrected chi connectivity index (χ0v) is 30.4. The SMILES string of the molecule is CC(C)(C)c1cc(F)c(C(C)(C)C)c([O-])c1[O-].Cc1cccc(C)c1/N=C1\C(=N\c2c(C)cccc2C)c2cccc3cccc1c23.[Ni+2]. The molecular weight excluding hydrogens is 642 g/mol. The summed E-state index contributed by atoms with van der Waals surface area (Å²) in [5.74, 6) is -1.86. The molecule has 0 radical (unpaired) electrons. The molecule has 0 aliphatic heterocycles. The molecule has 0 fully saturated rings. The maximum atomic E-state index is 14.0. The number of hydrogen-bond acceptors (Lipinski definition) is 4. The number of aliphatic imine (C=N–C) groups is 2. The Morgan fingerprint density at radius 3 is 1.33 bits per heavy atom. The molecule has 0 spiro atoms. The van der Waals surface area contributed by atoms with Gasteiger partial charge in [0.15, 0.2) is 0 Å². The van der Waals surface area contributed by atoms with E-state index in [-0.39, 0.29) is 27.6 Å². The van der Waals surface area contributed by atoms with Crippen LogP contribution < -0.4 is 10.2 Å². The van der Waals surface area contributed by atoms with Crippen LogP contribution in [0, 0.1) is 33.5 Å². The van der Waals surface area contributed by atoms with Crippen molar-refractivity contribution >= 4 is 33.6 Å². The van der Waals surface area contributed by atoms with Gasteiger partial charge in [-0.25, -0.2) is 14.4 Å². The quantitative estimate of drug-likeness (QED) is 0.174. The van der Waals surface area contributed by atoms with Crippen LogP contribution in [-0.2, 0) is 27.3 Å². The minimum Gasteiger partial charge on any atom is -0.873 e. The summed E-state index contributed by atoms with van der Waals surface area (Å²) in [4.78, 5) is 10.4. The second-order valence-corrected chi connectivity index (χ2v) is 14.6. The summed E-state index contributed by atoms with van der Waals surface area (Å²) in [5.41, 5.74) is 10.1. The number of halogens is 1. The van der Waals surface area contributed by atoms with Gasteiger partial charge < -0.3 is 10.2 Å². The topological polar surface area (TPSA) is 70.8 Å². The molecule has 4 nitrogen and oxygen atoms in total. The molecule has 5 aromatic carbocycles. The summed E-state index contributed by atoms with van der Waals surface area (Å²) in [6, 6.07) is 26.8. The first-order valence-corrected chi connectivity index (χ1v) is 16.0. The van der Waals surface area contributed by atoms with E-state index >= 15 is 0 Å². The smallest absolute Gasteiger partial charge is 0.873 e. The number of nitrogens with zero attached hydrogens (tertiary/aromatic N) is 2. The van der Waals surface area contributed by atoms with Gasteiger partial charge in [-0.1, -0.05) is 114 Å². The Morgan fingerprint density at radius 1 is 0.562 bits per heavy atom. The van der Waals surface area contributed by atoms with Gasteiger partial charge in [0.25, 0.3) is 0 Å². The maximum absolute atomic E-state index is 14.0. The first kappa shape index (κ1) is 36.6. The third-order valence-corrected chi connectivity index (χ3v) is 8.71. The minimum absolute atomic E-state index is 0. The molecule has 0 unspecified atom stereocenters. The van der Waals surface area contributed by atoms with Gasteiger partial charge in [0.2, 0.25) is 0 Å². The fraction of sp³-hybridized carbons (Fsp3) is 0.286. The molecule has 0 N–H and O–H groups in total. The van der Waals surface area contributed by atoms with Gasteiger partial charge in [-0.3, -0.25) is 0 Å². The van der Waals surface area contributed by atoms with Gasteiger partial charge in [-0.15, -0.1) is 11.5 Å². The fourth-order valence-corrected chi connectivity index (χ4v) is 6.27. The van der Waals surface area contributed by atoms with E-state index in [0.717, 1.165) is 33.9 Å². The van der Waals surface area contributed by atoms with E-state index in [9.17, 15) is 14.6 Å². The summed E-state index contributed by atoms with van der Waals surface area (Å²) in [5, 5.41) is 26.4. The molecule has 0 atom stereocenters. The molecule has 1 aliphatic rings. The van der Waals surface area contributed by atoms with E-state index in [1.165, 1.54) is 39.1 Å². The molecule has 48 heavy (non-hydrogen) atoms. The molecule has 0 saturated carbocycles. The standard InChI is InChI=1S/C28H24N2.C14H21FO2.Ni/c1-17-9-5-10-18(2)25(17)29-27-22-15-7-13-21-14-8-16-23(24(21)22)28(27)30-26-19(3)11-6-12-20(26)4;1-13(2,3)8-7-9(15)10(14(4,5)6)12(17)11(8)16;/h5-16H,1-4H3;7,16-17H,1-6H3;/q;;+2/p-2/b29-27-,30-28+;;. The average Bonchev–Trinajstić information content (AvgIpc) is 3.27. The Kier molecular flexibility index (Phi) is 10.4. The number of benzene rings is 5. The summed E-state index contributed by atoms with van der Waals surface area (Å²) in [6.07, 6.45) is 0. The summed E-state index contributed by atoms with van der Waals surface area (Å²) in [7, 11) is 0. The second kappa shape index (κ2) is 13.7. The van der Waals surface area contributed by atoms with E-state index in [1.807, 2.05) is 0 Å². The van der Waals surface area contributed by atoms with E-state index in [0.29, 0.717) is 0 Å². The van der Waals surface area contributed by atoms with Crippen molar-refractivity contribution in [1.29, 1.82) is 0 Å². The van der Waals surface area contributed by atoms with Gasteiger partial charge in [-0.05, 0) is 83.4 Å². The third kappa shape index (κ3) is 6.96. The molecular formula is C42H43FN2NiO2. The Hall–Kier alpha value is -4.28. The summed E-state index contributed by atoms with van der Waals surface area (Å²) < 4.78 is 14.0. The van der Waals surface area contributed by atoms with Crippen LogP contribution in [0.15, 0.2) is 88.8 Å². The third-order valence-electron chi connectivity index (χ3n) is 8.71. The molecule has 0 amide bonds. The van der Waals surface area contributed by atoms with Gasteiger partial charge in [0, 0.05) is 16.5 Å². The number of para-hydroxylation sites is 2. The average molecular weight is 686 g/mol. The molecule has 0 saturated heterocycles. The monoisotopic (exact) mass is 684 g/mol. The maximum Gasteiger partial charge on any atom is 2.00 e. The van der Waals surface area contributed by atoms with E-state index in [4.69, 9.17) is 9.98 Å². The molecule has 0 heterocycles. The first-order valence-electron chi connectivity index (χ1n) is 16.0. The van der Waals surface area contributed by atoms with Crippen molar-refractivity contribution in [2.75, 3.05) is 0 Å². The van der Waals surface area contributed by atoms with E-state index < -0.39 is 28.1 Å². The van der Waals surface area contributed by atoms with Crippen molar-refractivity contribution in [2.24, 2.45) is 9.98 Å². The predicted molar refractivity (Wildman–Crippen MR) is 191 cm³/mol. The molecule has 1 aliphatic carbocycles. The molecule has 250 valence electrons. The van der Waals surface area contributed by atoms with Crippen molar-refractivity contribution in [3.63, 3.8) is 0 Å². The molecule has 5 aromatic rings. The van der Waals surface area contributed by atoms with Crippen LogP contribution in [-0.4, -0.2) is 11.4 Å². The van der Waals surface area contributed by atoms with Crippen LogP contribution in [0.4, 0.5) is 15.8 Å². The van der Waals surface area contributed by atoms with Crippen LogP contribution in [0.1, 0.15) is 86.1 Å². The number of hydrogen-bond donors (Lipinski definition) is 0. The predicted octanol–water partition coefficient (Wildman–Crippen LogP) is 9.89. The molecule has 6 heteroatoms. The largest absolute Gasteiger partial charge is 2.00 e. The molecule has 0 aromatic heterocycles. The van der Waals surface area contributed by atoms with Crippen LogP contribution in [0.3, 0.4) is 0 Å². The molecule has 6 rings (SSSR count). The van der Waals surface area contributed by atoms with Crippen molar-refractivity contribution < 1.29 is 31.1 Å². The van der Waals surface area contributed by atoms with Crippen molar-refractivity contribution in [3.8, 4) is 11.5 Å². The van der Waals surface area contributed by atoms with Crippen LogP contribution in [0.25, 0.3) is 10.8 Å². The van der Waals surface area contributed by atoms with Gasteiger partial charge >= 0.3 is 16.5 Å². The summed E-state index contributed by atoms with van der Waals surface area (Å²) in [6.45, 7) is 19.0. The van der Waals surface area contributed by atoms with Gasteiger partial charge in [-0.2, -0.15) is 0 Å². The van der Waals surface area contributed by atoms with E-state index in [1.54, 1.807) is 41.5 Å². The Bertz CT molecular complexity index is 1940. The second-order valence-electron chi connectivity index (χ2n) is 14.6. The Balaban J connectivity index is 0.000000249. The minimum atomic E-state index is -0.706. The van der Waals surface area contributed by atoms with Crippen LogP contribution in [0.2, 0.25) is 0 Å². The first-order chi connectivity index (χ1) is 22.0.